The summed E-state index contributed by atoms with van der Waals surface area (Å²) in [5, 5.41) is 10.8. The summed E-state index contributed by atoms with van der Waals surface area (Å²) in [6.45, 7) is 12.6. The molecular formula is C90H76N4. The van der Waals surface area contributed by atoms with Crippen molar-refractivity contribution in [3.05, 3.63) is 386 Å². The number of aryl methyl sites for hydroxylation is 6. The fraction of sp³-hybridized carbons (Fsp3) is 0.0667. The van der Waals surface area contributed by atoms with Crippen LogP contribution in [0.25, 0.3) is 110 Å². The van der Waals surface area contributed by atoms with Crippen LogP contribution in [0.1, 0.15) is 33.4 Å². The van der Waals surface area contributed by atoms with Gasteiger partial charge in [0.2, 0.25) is 0 Å². The maximum atomic E-state index is 4.42. The summed E-state index contributed by atoms with van der Waals surface area (Å²) in [4.78, 5) is 16.2. The monoisotopic (exact) mass is 1210 g/mol. The Morgan fingerprint density at radius 2 is 0.617 bits per heavy atom. The number of pyridine rings is 2. The molecular weight excluding hydrogens is 1140 g/mol. The molecule has 94 heavy (non-hydrogen) atoms. The second-order valence-electron chi connectivity index (χ2n) is 23.5. The first-order chi connectivity index (χ1) is 46.1. The third-order valence-corrected chi connectivity index (χ3v) is 16.3. The van der Waals surface area contributed by atoms with E-state index in [2.05, 4.69) is 328 Å². The van der Waals surface area contributed by atoms with Crippen molar-refractivity contribution in [3.63, 3.8) is 0 Å². The molecule has 0 aliphatic rings. The van der Waals surface area contributed by atoms with Gasteiger partial charge >= 0.3 is 0 Å². The van der Waals surface area contributed by atoms with E-state index in [0.717, 1.165) is 16.8 Å². The zero-order chi connectivity index (χ0) is 64.9. The van der Waals surface area contributed by atoms with E-state index in [-0.39, 0.29) is 0 Å². The molecule has 0 radical (unpaired) electrons. The van der Waals surface area contributed by atoms with E-state index in [9.17, 15) is 0 Å². The molecule has 0 saturated heterocycles. The molecule has 0 unspecified atom stereocenters. The number of hydrogen-bond donors (Lipinski definition) is 0. The molecule has 0 bridgehead atoms. The number of hydrogen-bond acceptors (Lipinski definition) is 4. The van der Waals surface area contributed by atoms with Gasteiger partial charge in [0.15, 0.2) is 0 Å². The van der Waals surface area contributed by atoms with Gasteiger partial charge in [-0.05, 0) is 199 Å². The lowest BCUT2D eigenvalue weighted by Gasteiger charge is -2.10. The maximum absolute atomic E-state index is 4.42. The lowest BCUT2D eigenvalue weighted by molar-refractivity contribution is 1.13. The Hall–Kier alpha value is -11.7. The minimum absolute atomic E-state index is 1.02. The highest BCUT2D eigenvalue weighted by molar-refractivity contribution is 6.25. The second kappa shape index (κ2) is 31.8. The van der Waals surface area contributed by atoms with Crippen molar-refractivity contribution in [2.45, 2.75) is 41.5 Å². The molecule has 0 atom stereocenters. The summed E-state index contributed by atoms with van der Waals surface area (Å²) in [5.41, 5.74) is 22.2. The smallest absolute Gasteiger partial charge is 0.115 e. The van der Waals surface area contributed by atoms with Crippen LogP contribution in [0.5, 0.6) is 0 Å². The van der Waals surface area contributed by atoms with Crippen molar-refractivity contribution in [1.82, 2.24) is 19.9 Å². The lowest BCUT2D eigenvalue weighted by Crippen LogP contribution is -1.86. The number of fused-ring (bicyclic) bond motifs is 7. The zero-order valence-electron chi connectivity index (χ0n) is 54.3. The molecule has 0 N–H and O–H groups in total. The minimum atomic E-state index is 1.02. The van der Waals surface area contributed by atoms with Crippen LogP contribution in [0.15, 0.2) is 353 Å². The van der Waals surface area contributed by atoms with Gasteiger partial charge in [-0.3, -0.25) is 9.97 Å². The Kier molecular flexibility index (Phi) is 21.6. The van der Waals surface area contributed by atoms with E-state index in [0.29, 0.717) is 0 Å². The quantitative estimate of drug-likeness (QED) is 0.156. The molecule has 0 amide bonds. The van der Waals surface area contributed by atoms with E-state index in [1.807, 2.05) is 61.8 Å². The van der Waals surface area contributed by atoms with Crippen LogP contribution in [0.4, 0.5) is 0 Å². The van der Waals surface area contributed by atoms with Crippen molar-refractivity contribution in [1.29, 1.82) is 0 Å². The molecule has 4 heteroatoms. The molecule has 13 aromatic carbocycles. The van der Waals surface area contributed by atoms with Crippen molar-refractivity contribution >= 4 is 43.1 Å². The molecule has 0 aliphatic carbocycles. The molecule has 3 heterocycles. The van der Waals surface area contributed by atoms with E-state index in [1.165, 1.54) is 133 Å². The van der Waals surface area contributed by atoms with Crippen LogP contribution in [-0.2, 0) is 0 Å². The Labute approximate surface area is 554 Å². The first-order valence-corrected chi connectivity index (χ1v) is 31.9. The predicted octanol–water partition coefficient (Wildman–Crippen LogP) is 24.2. The van der Waals surface area contributed by atoms with Gasteiger partial charge in [0, 0.05) is 42.1 Å². The predicted molar refractivity (Wildman–Crippen MR) is 401 cm³/mol. The largest absolute Gasteiger partial charge is 0.264 e. The Bertz CT molecular complexity index is 4760. The molecule has 3 aromatic heterocycles. The van der Waals surface area contributed by atoms with Crippen LogP contribution in [0.3, 0.4) is 0 Å². The highest BCUT2D eigenvalue weighted by atomic mass is 14.8. The summed E-state index contributed by atoms with van der Waals surface area (Å²) < 4.78 is 0. The summed E-state index contributed by atoms with van der Waals surface area (Å²) in [7, 11) is 0. The molecule has 0 aliphatic heterocycles. The van der Waals surface area contributed by atoms with Gasteiger partial charge in [0.25, 0.3) is 0 Å². The number of benzene rings is 13. The SMILES string of the molecule is Cc1cc(-c2ccccc2)cc(-c2ccccn2)c1.Cc1cc(-c2ccccc2)cc(-c2cccnc2)c1.Cc1ccc(-c2cccc(-c3ccccc3)c2)cc1.Cc1ccc2c3ccccc3c3ccccc3c2c1.Cc1cccc2ccccc12.Cc1cncnc1. The van der Waals surface area contributed by atoms with Gasteiger partial charge in [-0.2, -0.15) is 0 Å². The first kappa shape index (κ1) is 63.8. The van der Waals surface area contributed by atoms with Crippen LogP contribution in [0, 0.1) is 41.5 Å². The minimum Gasteiger partial charge on any atom is -0.264 e. The molecule has 0 saturated carbocycles. The van der Waals surface area contributed by atoms with Gasteiger partial charge in [-0.25, -0.2) is 9.97 Å². The molecule has 4 nitrogen and oxygen atoms in total. The summed E-state index contributed by atoms with van der Waals surface area (Å²) in [6, 6.07) is 111. The molecule has 16 rings (SSSR count). The third kappa shape index (κ3) is 17.0. The standard InChI is InChI=1S/C19H14.C19H16.2C18H15N.C11H10.C5H6N2/c1-13-10-11-18-16-8-3-2-6-14(16)15-7-4-5-9-17(15)19(18)12-13;1-15-10-12-17(13-11-15)19-9-5-8-18(14-19)16-6-3-2-4-7-16;1-14-11-16(15-7-3-2-4-8-15)13-17(12-14)18-9-5-6-10-19-18;1-14-10-17(15-6-3-2-4-7-15)12-18(11-14)16-8-5-9-19-13-16;1-9-5-4-7-10-6-2-3-8-11(9)10;1-5-2-6-4-7-3-5/h2-12H,1H3;2-14H,1H3;2*2-13H,1H3;2-8H,1H3;2-4H,1H3. The van der Waals surface area contributed by atoms with Crippen molar-refractivity contribution in [2.24, 2.45) is 0 Å². The maximum Gasteiger partial charge on any atom is 0.115 e. The van der Waals surface area contributed by atoms with Crippen molar-refractivity contribution in [2.75, 3.05) is 0 Å². The molecule has 16 aromatic rings. The number of rotatable bonds is 6. The van der Waals surface area contributed by atoms with Gasteiger partial charge in [-0.1, -0.05) is 284 Å². The van der Waals surface area contributed by atoms with Crippen molar-refractivity contribution < 1.29 is 0 Å². The van der Waals surface area contributed by atoms with Gasteiger partial charge < -0.3 is 0 Å². The average molecular weight is 1210 g/mol. The summed E-state index contributed by atoms with van der Waals surface area (Å²) in [6.07, 6.45) is 10.6. The Balaban J connectivity index is 0.000000118. The van der Waals surface area contributed by atoms with Gasteiger partial charge in [0.1, 0.15) is 6.33 Å². The van der Waals surface area contributed by atoms with E-state index < -0.39 is 0 Å². The normalized spacial score (nSPS) is 10.4. The van der Waals surface area contributed by atoms with E-state index in [1.54, 1.807) is 18.6 Å². The Morgan fingerprint density at radius 3 is 1.14 bits per heavy atom. The zero-order valence-corrected chi connectivity index (χ0v) is 54.3. The van der Waals surface area contributed by atoms with E-state index >= 15 is 0 Å². The average Bonchev–Trinajstić information content (AvgIpc) is 0.755. The molecule has 0 spiro atoms. The molecule has 456 valence electrons. The topological polar surface area (TPSA) is 51.6 Å². The van der Waals surface area contributed by atoms with Crippen LogP contribution in [-0.4, -0.2) is 19.9 Å². The number of aromatic nitrogens is 4. The van der Waals surface area contributed by atoms with Crippen LogP contribution >= 0.6 is 0 Å². The number of nitrogens with zero attached hydrogens (tertiary/aromatic N) is 4. The van der Waals surface area contributed by atoms with Gasteiger partial charge in [0.05, 0.1) is 5.69 Å². The van der Waals surface area contributed by atoms with E-state index in [4.69, 9.17) is 0 Å². The van der Waals surface area contributed by atoms with Crippen LogP contribution < -0.4 is 0 Å². The molecule has 0 fully saturated rings. The fourth-order valence-electron chi connectivity index (χ4n) is 11.6. The highest BCUT2D eigenvalue weighted by Gasteiger charge is 2.09. The summed E-state index contributed by atoms with van der Waals surface area (Å²) in [5.74, 6) is 0. The third-order valence-electron chi connectivity index (χ3n) is 16.3. The highest BCUT2D eigenvalue weighted by Crippen LogP contribution is 2.36. The Morgan fingerprint density at radius 1 is 0.202 bits per heavy atom. The van der Waals surface area contributed by atoms with Crippen LogP contribution in [0.2, 0.25) is 0 Å². The fourth-order valence-corrected chi connectivity index (χ4v) is 11.6. The van der Waals surface area contributed by atoms with Gasteiger partial charge in [-0.15, -0.1) is 0 Å². The van der Waals surface area contributed by atoms with Crippen molar-refractivity contribution in [3.8, 4) is 66.9 Å². The summed E-state index contributed by atoms with van der Waals surface area (Å²) >= 11 is 0. The first-order valence-electron chi connectivity index (χ1n) is 31.9. The lowest BCUT2D eigenvalue weighted by atomic mass is 9.93. The second-order valence-corrected chi connectivity index (χ2v) is 23.5.